The number of phenolic OH excluding ortho intramolecular Hbond substituents is 2. The second-order valence-corrected chi connectivity index (χ2v) is 5.07. The van der Waals surface area contributed by atoms with Crippen molar-refractivity contribution in [3.8, 4) is 11.5 Å². The average Bonchev–Trinajstić information content (AvgIpc) is 2.73. The molecule has 0 aromatic heterocycles. The van der Waals surface area contributed by atoms with E-state index in [2.05, 4.69) is 0 Å². The predicted octanol–water partition coefficient (Wildman–Crippen LogP) is 0.647. The maximum absolute atomic E-state index is 11.1. The van der Waals surface area contributed by atoms with Crippen LogP contribution in [0.2, 0.25) is 0 Å². The summed E-state index contributed by atoms with van der Waals surface area (Å²) >= 11 is 0. The van der Waals surface area contributed by atoms with E-state index in [1.807, 2.05) is 11.8 Å². The van der Waals surface area contributed by atoms with Gasteiger partial charge in [0, 0.05) is 19.1 Å². The van der Waals surface area contributed by atoms with Crippen LogP contribution < -0.4 is 5.73 Å². The van der Waals surface area contributed by atoms with Crippen molar-refractivity contribution in [1.29, 1.82) is 0 Å². The van der Waals surface area contributed by atoms with Crippen molar-refractivity contribution in [2.75, 3.05) is 13.1 Å². The van der Waals surface area contributed by atoms with Crippen LogP contribution >= 0.6 is 0 Å². The zero-order chi connectivity index (χ0) is 14.2. The van der Waals surface area contributed by atoms with Gasteiger partial charge in [-0.3, -0.25) is 9.69 Å². The van der Waals surface area contributed by atoms with E-state index in [1.165, 1.54) is 12.1 Å². The van der Waals surface area contributed by atoms with Gasteiger partial charge in [-0.05, 0) is 25.5 Å². The van der Waals surface area contributed by atoms with Crippen LogP contribution in [0.15, 0.2) is 18.2 Å². The first-order valence-electron chi connectivity index (χ1n) is 6.12. The average molecular weight is 266 g/mol. The topological polar surface area (TPSA) is 107 Å². The molecule has 1 saturated heterocycles. The number of phenols is 2. The Hall–Kier alpha value is -1.79. The standard InChI is InChI=1S/C13H18N2O4/c1-8(11-9(16)3-2-4-10(11)17)15-6-5-13(14,7-15)12(18)19/h2-4,8,16-17H,5-7,14H2,1H3,(H,18,19). The van der Waals surface area contributed by atoms with Crippen LogP contribution in [-0.4, -0.2) is 44.8 Å². The summed E-state index contributed by atoms with van der Waals surface area (Å²) in [7, 11) is 0. The highest BCUT2D eigenvalue weighted by Crippen LogP contribution is 2.37. The van der Waals surface area contributed by atoms with E-state index in [1.54, 1.807) is 6.07 Å². The van der Waals surface area contributed by atoms with Crippen molar-refractivity contribution in [2.24, 2.45) is 5.73 Å². The number of nitrogens with zero attached hydrogens (tertiary/aromatic N) is 1. The number of carbonyl (C=O) groups is 1. The fourth-order valence-electron chi connectivity index (χ4n) is 2.52. The van der Waals surface area contributed by atoms with Crippen molar-refractivity contribution in [3.63, 3.8) is 0 Å². The highest BCUT2D eigenvalue weighted by atomic mass is 16.4. The summed E-state index contributed by atoms with van der Waals surface area (Å²) < 4.78 is 0. The van der Waals surface area contributed by atoms with Crippen LogP contribution in [0.1, 0.15) is 24.9 Å². The van der Waals surface area contributed by atoms with E-state index in [0.717, 1.165) is 0 Å². The Balaban J connectivity index is 2.23. The third-order valence-electron chi connectivity index (χ3n) is 3.78. The van der Waals surface area contributed by atoms with Crippen molar-refractivity contribution < 1.29 is 20.1 Å². The number of carboxylic acid groups (broad SMARTS) is 1. The van der Waals surface area contributed by atoms with Gasteiger partial charge < -0.3 is 21.1 Å². The molecule has 0 amide bonds. The second kappa shape index (κ2) is 4.71. The van der Waals surface area contributed by atoms with Crippen molar-refractivity contribution in [2.45, 2.75) is 24.9 Å². The molecule has 2 rings (SSSR count). The smallest absolute Gasteiger partial charge is 0.325 e. The number of hydrogen-bond donors (Lipinski definition) is 4. The number of likely N-dealkylation sites (tertiary alicyclic amines) is 1. The molecule has 0 bridgehead atoms. The van der Waals surface area contributed by atoms with Crippen molar-refractivity contribution in [3.05, 3.63) is 23.8 Å². The van der Waals surface area contributed by atoms with E-state index in [-0.39, 0.29) is 24.1 Å². The molecule has 104 valence electrons. The number of aromatic hydroxyl groups is 2. The van der Waals surface area contributed by atoms with Crippen molar-refractivity contribution in [1.82, 2.24) is 4.90 Å². The summed E-state index contributed by atoms with van der Waals surface area (Å²) in [5, 5.41) is 28.8. The quantitative estimate of drug-likeness (QED) is 0.640. The third-order valence-corrected chi connectivity index (χ3v) is 3.78. The molecule has 0 radical (unpaired) electrons. The van der Waals surface area contributed by atoms with Gasteiger partial charge in [-0.15, -0.1) is 0 Å². The number of nitrogens with two attached hydrogens (primary N) is 1. The van der Waals surface area contributed by atoms with Crippen LogP contribution in [0.5, 0.6) is 11.5 Å². The van der Waals surface area contributed by atoms with Crippen LogP contribution in [0.4, 0.5) is 0 Å². The molecule has 6 heteroatoms. The largest absolute Gasteiger partial charge is 0.507 e. The van der Waals surface area contributed by atoms with Gasteiger partial charge in [0.25, 0.3) is 0 Å². The highest BCUT2D eigenvalue weighted by molar-refractivity contribution is 5.79. The Morgan fingerprint density at radius 2 is 2.00 bits per heavy atom. The summed E-state index contributed by atoms with van der Waals surface area (Å²) in [5.41, 5.74) is 4.96. The molecule has 19 heavy (non-hydrogen) atoms. The number of benzene rings is 1. The fourth-order valence-corrected chi connectivity index (χ4v) is 2.52. The van der Waals surface area contributed by atoms with E-state index < -0.39 is 11.5 Å². The fraction of sp³-hybridized carbons (Fsp3) is 0.462. The number of rotatable bonds is 3. The molecule has 1 aromatic carbocycles. The van der Waals surface area contributed by atoms with Crippen LogP contribution in [0.3, 0.4) is 0 Å². The van der Waals surface area contributed by atoms with E-state index in [4.69, 9.17) is 10.8 Å². The molecule has 2 atom stereocenters. The number of carboxylic acids is 1. The zero-order valence-electron chi connectivity index (χ0n) is 10.7. The Bertz CT molecular complexity index is 485. The van der Waals surface area contributed by atoms with E-state index in [9.17, 15) is 15.0 Å². The van der Waals surface area contributed by atoms with Gasteiger partial charge in [0.2, 0.25) is 0 Å². The second-order valence-electron chi connectivity index (χ2n) is 5.07. The van der Waals surface area contributed by atoms with Gasteiger partial charge in [-0.1, -0.05) is 6.07 Å². The lowest BCUT2D eigenvalue weighted by atomic mass is 10.0. The molecule has 5 N–H and O–H groups in total. The maximum Gasteiger partial charge on any atom is 0.325 e. The highest BCUT2D eigenvalue weighted by Gasteiger charge is 2.43. The monoisotopic (exact) mass is 266 g/mol. The summed E-state index contributed by atoms with van der Waals surface area (Å²) in [5.74, 6) is -1.03. The van der Waals surface area contributed by atoms with E-state index in [0.29, 0.717) is 18.5 Å². The van der Waals surface area contributed by atoms with E-state index >= 15 is 0 Å². The molecule has 1 aromatic rings. The van der Waals surface area contributed by atoms with Gasteiger partial charge in [0.1, 0.15) is 17.0 Å². The molecule has 1 heterocycles. The minimum absolute atomic E-state index is 0.00246. The lowest BCUT2D eigenvalue weighted by Gasteiger charge is -2.27. The molecule has 0 saturated carbocycles. The van der Waals surface area contributed by atoms with Crippen molar-refractivity contribution >= 4 is 5.97 Å². The Kier molecular flexibility index (Phi) is 3.38. The van der Waals surface area contributed by atoms with Crippen LogP contribution in [0, 0.1) is 0 Å². The molecular weight excluding hydrogens is 248 g/mol. The first-order chi connectivity index (χ1) is 8.85. The van der Waals surface area contributed by atoms with Gasteiger partial charge in [0.05, 0.1) is 5.56 Å². The molecule has 2 unspecified atom stereocenters. The summed E-state index contributed by atoms with van der Waals surface area (Å²) in [6.45, 7) is 2.51. The first-order valence-corrected chi connectivity index (χ1v) is 6.12. The molecular formula is C13H18N2O4. The molecule has 6 nitrogen and oxygen atoms in total. The molecule has 0 spiro atoms. The van der Waals surface area contributed by atoms with Gasteiger partial charge >= 0.3 is 5.97 Å². The third kappa shape index (κ3) is 2.36. The lowest BCUT2D eigenvalue weighted by molar-refractivity contribution is -0.142. The van der Waals surface area contributed by atoms with Gasteiger partial charge in [-0.25, -0.2) is 0 Å². The Morgan fingerprint density at radius 3 is 2.47 bits per heavy atom. The molecule has 1 fully saturated rings. The number of aliphatic carboxylic acids is 1. The summed E-state index contributed by atoms with van der Waals surface area (Å²) in [4.78, 5) is 13.0. The maximum atomic E-state index is 11.1. The number of hydrogen-bond acceptors (Lipinski definition) is 5. The summed E-state index contributed by atoms with van der Waals surface area (Å²) in [6, 6.07) is 4.24. The van der Waals surface area contributed by atoms with Gasteiger partial charge in [-0.2, -0.15) is 0 Å². The predicted molar refractivity (Wildman–Crippen MR) is 68.9 cm³/mol. The Labute approximate surface area is 111 Å². The first kappa shape index (κ1) is 13.6. The molecule has 1 aliphatic rings. The molecule has 0 aliphatic carbocycles. The minimum atomic E-state index is -1.26. The zero-order valence-corrected chi connectivity index (χ0v) is 10.7. The molecule has 1 aliphatic heterocycles. The SMILES string of the molecule is CC(c1c(O)cccc1O)N1CCC(N)(C(=O)O)C1. The van der Waals surface area contributed by atoms with Gasteiger partial charge in [0.15, 0.2) is 0 Å². The van der Waals surface area contributed by atoms with Crippen LogP contribution in [-0.2, 0) is 4.79 Å². The minimum Gasteiger partial charge on any atom is -0.507 e. The lowest BCUT2D eigenvalue weighted by Crippen LogP contribution is -2.50. The van der Waals surface area contributed by atoms with Crippen LogP contribution in [0.25, 0.3) is 0 Å². The normalized spacial score (nSPS) is 25.4. The Morgan fingerprint density at radius 1 is 1.42 bits per heavy atom. The summed E-state index contributed by atoms with van der Waals surface area (Å²) in [6.07, 6.45) is 0.348.